The van der Waals surface area contributed by atoms with Gasteiger partial charge in [0.15, 0.2) is 0 Å². The third-order valence-electron chi connectivity index (χ3n) is 2.91. The predicted molar refractivity (Wildman–Crippen MR) is 72.4 cm³/mol. The zero-order valence-corrected chi connectivity index (χ0v) is 10.2. The molecule has 0 aliphatic heterocycles. The smallest absolute Gasteiger partial charge is 0.307 e. The van der Waals surface area contributed by atoms with Gasteiger partial charge in [-0.15, -0.1) is 0 Å². The number of carbonyl (C=O) groups is 1. The van der Waals surface area contributed by atoms with Gasteiger partial charge in [-0.05, 0) is 35.7 Å². The summed E-state index contributed by atoms with van der Waals surface area (Å²) in [6.07, 6.45) is 0.0131. The Kier molecular flexibility index (Phi) is 3.33. The number of hydrogen-bond donors (Lipinski definition) is 2. The van der Waals surface area contributed by atoms with Crippen molar-refractivity contribution in [3.8, 4) is 11.1 Å². The summed E-state index contributed by atoms with van der Waals surface area (Å²) >= 11 is 0. The number of rotatable bonds is 3. The molecule has 0 bridgehead atoms. The summed E-state index contributed by atoms with van der Waals surface area (Å²) in [5, 5.41) is 8.82. The number of aryl methyl sites for hydroxylation is 1. The largest absolute Gasteiger partial charge is 0.481 e. The summed E-state index contributed by atoms with van der Waals surface area (Å²) in [5.41, 5.74) is 10.5. The lowest BCUT2D eigenvalue weighted by Gasteiger charge is -2.10. The maximum Gasteiger partial charge on any atom is 0.307 e. The zero-order chi connectivity index (χ0) is 13.1. The number of aliphatic carboxylic acids is 1. The SMILES string of the molecule is Cc1ccccc1-c1cc(CC(=O)O)ccc1N. The Labute approximate surface area is 106 Å². The van der Waals surface area contributed by atoms with Crippen molar-refractivity contribution in [2.75, 3.05) is 5.73 Å². The summed E-state index contributed by atoms with van der Waals surface area (Å²) in [4.78, 5) is 10.7. The van der Waals surface area contributed by atoms with E-state index >= 15 is 0 Å². The molecule has 2 rings (SSSR count). The average Bonchev–Trinajstić information content (AvgIpc) is 2.32. The molecule has 0 amide bonds. The van der Waals surface area contributed by atoms with Crippen LogP contribution in [0.25, 0.3) is 11.1 Å². The maximum absolute atomic E-state index is 10.7. The number of anilines is 1. The molecule has 0 fully saturated rings. The minimum Gasteiger partial charge on any atom is -0.481 e. The van der Waals surface area contributed by atoms with Crippen molar-refractivity contribution < 1.29 is 9.90 Å². The molecule has 0 unspecified atom stereocenters. The topological polar surface area (TPSA) is 63.3 Å². The number of nitrogens with two attached hydrogens (primary N) is 1. The normalized spacial score (nSPS) is 10.3. The van der Waals surface area contributed by atoms with Crippen LogP contribution in [0, 0.1) is 6.92 Å². The lowest BCUT2D eigenvalue weighted by atomic mass is 9.96. The van der Waals surface area contributed by atoms with E-state index in [9.17, 15) is 4.79 Å². The molecule has 0 saturated carbocycles. The van der Waals surface area contributed by atoms with Gasteiger partial charge < -0.3 is 10.8 Å². The summed E-state index contributed by atoms with van der Waals surface area (Å²) in [6, 6.07) is 13.3. The van der Waals surface area contributed by atoms with Crippen molar-refractivity contribution in [3.05, 3.63) is 53.6 Å². The Morgan fingerprint density at radius 1 is 1.17 bits per heavy atom. The monoisotopic (exact) mass is 241 g/mol. The molecule has 18 heavy (non-hydrogen) atoms. The standard InChI is InChI=1S/C15H15NO2/c1-10-4-2-3-5-12(10)13-8-11(9-15(17)18)6-7-14(13)16/h2-8H,9,16H2,1H3,(H,17,18). The number of carboxylic acids is 1. The van der Waals surface area contributed by atoms with Crippen molar-refractivity contribution in [1.82, 2.24) is 0 Å². The Bertz CT molecular complexity index is 591. The summed E-state index contributed by atoms with van der Waals surface area (Å²) in [5.74, 6) is -0.837. The van der Waals surface area contributed by atoms with Crippen LogP contribution >= 0.6 is 0 Å². The summed E-state index contributed by atoms with van der Waals surface area (Å²) < 4.78 is 0. The molecule has 0 atom stereocenters. The van der Waals surface area contributed by atoms with Crippen LogP contribution in [0.1, 0.15) is 11.1 Å². The molecule has 2 aromatic rings. The van der Waals surface area contributed by atoms with Crippen LogP contribution in [-0.2, 0) is 11.2 Å². The summed E-state index contributed by atoms with van der Waals surface area (Å²) in [6.45, 7) is 2.01. The molecule has 3 heteroatoms. The van der Waals surface area contributed by atoms with E-state index in [4.69, 9.17) is 10.8 Å². The lowest BCUT2D eigenvalue weighted by molar-refractivity contribution is -0.136. The lowest BCUT2D eigenvalue weighted by Crippen LogP contribution is -2.01. The molecule has 0 spiro atoms. The molecular formula is C15H15NO2. The fourth-order valence-electron chi connectivity index (χ4n) is 2.00. The average molecular weight is 241 g/mol. The van der Waals surface area contributed by atoms with Gasteiger partial charge in [0, 0.05) is 11.3 Å². The third kappa shape index (κ3) is 2.51. The molecule has 0 saturated heterocycles. The van der Waals surface area contributed by atoms with E-state index in [1.54, 1.807) is 12.1 Å². The fraction of sp³-hybridized carbons (Fsp3) is 0.133. The minimum atomic E-state index is -0.837. The summed E-state index contributed by atoms with van der Waals surface area (Å²) in [7, 11) is 0. The second-order valence-corrected chi connectivity index (χ2v) is 4.31. The molecule has 2 aromatic carbocycles. The first-order valence-electron chi connectivity index (χ1n) is 5.74. The molecule has 0 aliphatic rings. The van der Waals surface area contributed by atoms with Crippen LogP contribution in [0.4, 0.5) is 5.69 Å². The van der Waals surface area contributed by atoms with Gasteiger partial charge in [-0.25, -0.2) is 0 Å². The second kappa shape index (κ2) is 4.92. The Hall–Kier alpha value is -2.29. The van der Waals surface area contributed by atoms with Gasteiger partial charge in [0.25, 0.3) is 0 Å². The molecule has 0 heterocycles. The van der Waals surface area contributed by atoms with Crippen LogP contribution < -0.4 is 5.73 Å². The molecule has 3 nitrogen and oxygen atoms in total. The van der Waals surface area contributed by atoms with E-state index in [2.05, 4.69) is 0 Å². The first-order chi connectivity index (χ1) is 8.58. The third-order valence-corrected chi connectivity index (χ3v) is 2.91. The number of nitrogen functional groups attached to an aromatic ring is 1. The molecule has 0 radical (unpaired) electrons. The highest BCUT2D eigenvalue weighted by Gasteiger charge is 2.08. The van der Waals surface area contributed by atoms with Crippen molar-refractivity contribution in [1.29, 1.82) is 0 Å². The van der Waals surface area contributed by atoms with Gasteiger partial charge in [-0.2, -0.15) is 0 Å². The van der Waals surface area contributed by atoms with E-state index in [0.717, 1.165) is 22.3 Å². The van der Waals surface area contributed by atoms with Crippen LogP contribution in [0.15, 0.2) is 42.5 Å². The van der Waals surface area contributed by atoms with E-state index in [1.807, 2.05) is 37.3 Å². The van der Waals surface area contributed by atoms with Crippen LogP contribution in [-0.4, -0.2) is 11.1 Å². The number of carboxylic acid groups (broad SMARTS) is 1. The van der Waals surface area contributed by atoms with E-state index in [0.29, 0.717) is 5.69 Å². The molecule has 0 aromatic heterocycles. The van der Waals surface area contributed by atoms with Crippen LogP contribution in [0.3, 0.4) is 0 Å². The van der Waals surface area contributed by atoms with E-state index in [-0.39, 0.29) is 6.42 Å². The van der Waals surface area contributed by atoms with E-state index in [1.165, 1.54) is 0 Å². The zero-order valence-electron chi connectivity index (χ0n) is 10.2. The van der Waals surface area contributed by atoms with Crippen molar-refractivity contribution in [3.63, 3.8) is 0 Å². The van der Waals surface area contributed by atoms with Gasteiger partial charge in [0.1, 0.15) is 0 Å². The molecule has 92 valence electrons. The number of hydrogen-bond acceptors (Lipinski definition) is 2. The quantitative estimate of drug-likeness (QED) is 0.812. The fourth-order valence-corrected chi connectivity index (χ4v) is 2.00. The second-order valence-electron chi connectivity index (χ2n) is 4.31. The highest BCUT2D eigenvalue weighted by molar-refractivity contribution is 5.80. The van der Waals surface area contributed by atoms with Gasteiger partial charge in [-0.3, -0.25) is 4.79 Å². The highest BCUT2D eigenvalue weighted by Crippen LogP contribution is 2.29. The molecular weight excluding hydrogens is 226 g/mol. The molecule has 3 N–H and O–H groups in total. The van der Waals surface area contributed by atoms with Crippen molar-refractivity contribution in [2.24, 2.45) is 0 Å². The van der Waals surface area contributed by atoms with Crippen molar-refractivity contribution in [2.45, 2.75) is 13.3 Å². The van der Waals surface area contributed by atoms with Gasteiger partial charge in [0.2, 0.25) is 0 Å². The van der Waals surface area contributed by atoms with E-state index < -0.39 is 5.97 Å². The first-order valence-corrected chi connectivity index (χ1v) is 5.74. The van der Waals surface area contributed by atoms with Crippen molar-refractivity contribution >= 4 is 11.7 Å². The van der Waals surface area contributed by atoms with Gasteiger partial charge in [0.05, 0.1) is 6.42 Å². The minimum absolute atomic E-state index is 0.0131. The Morgan fingerprint density at radius 3 is 2.56 bits per heavy atom. The highest BCUT2D eigenvalue weighted by atomic mass is 16.4. The first kappa shape index (κ1) is 12.2. The molecule has 0 aliphatic carbocycles. The van der Waals surface area contributed by atoms with Gasteiger partial charge >= 0.3 is 5.97 Å². The Morgan fingerprint density at radius 2 is 1.89 bits per heavy atom. The van der Waals surface area contributed by atoms with Crippen LogP contribution in [0.5, 0.6) is 0 Å². The maximum atomic E-state index is 10.7. The van der Waals surface area contributed by atoms with Gasteiger partial charge in [-0.1, -0.05) is 30.3 Å². The number of benzene rings is 2. The predicted octanol–water partition coefficient (Wildman–Crippen LogP) is 2.87. The Balaban J connectivity index is 2.50. The van der Waals surface area contributed by atoms with Crippen LogP contribution in [0.2, 0.25) is 0 Å².